The molecule has 0 aliphatic rings. The Bertz CT molecular complexity index is 761. The molecular formula is C23H28O3Si. The van der Waals surface area contributed by atoms with Crippen molar-refractivity contribution in [2.24, 2.45) is 5.92 Å². The van der Waals surface area contributed by atoms with Gasteiger partial charge in [-0.15, -0.1) is 0 Å². The average molecular weight is 381 g/mol. The van der Waals surface area contributed by atoms with E-state index in [1.165, 1.54) is 7.11 Å². The van der Waals surface area contributed by atoms with Crippen molar-refractivity contribution in [3.8, 4) is 0 Å². The largest absolute Gasteiger partial charge is 0.468 e. The fourth-order valence-electron chi connectivity index (χ4n) is 2.65. The highest BCUT2D eigenvalue weighted by molar-refractivity contribution is 6.69. The summed E-state index contributed by atoms with van der Waals surface area (Å²) in [5, 5.41) is 0. The first kappa shape index (κ1) is 20.9. The highest BCUT2D eigenvalue weighted by Crippen LogP contribution is 2.21. The number of ether oxygens (including phenoxy) is 1. The van der Waals surface area contributed by atoms with E-state index in [4.69, 9.17) is 9.16 Å². The molecule has 27 heavy (non-hydrogen) atoms. The van der Waals surface area contributed by atoms with Gasteiger partial charge in [0.25, 0.3) is 0 Å². The van der Waals surface area contributed by atoms with E-state index in [9.17, 15) is 4.79 Å². The van der Waals surface area contributed by atoms with Crippen LogP contribution in [0, 0.1) is 5.92 Å². The molecule has 0 amide bonds. The Morgan fingerprint density at radius 1 is 0.852 bits per heavy atom. The van der Waals surface area contributed by atoms with Gasteiger partial charge in [0.2, 0.25) is 0 Å². The maximum absolute atomic E-state index is 12.5. The lowest BCUT2D eigenvalue weighted by molar-refractivity contribution is -0.145. The standard InChI is InChI=1S/C23H28O3Si/c1-25-23(24)21(17-15-19-11-7-5-8-12-19)22(26-27(2,3)4)18-16-20-13-9-6-10-14-20/h5-18,21-22H,1-4H3/b17-15+,18-16+/t21-,22+/m0/s1. The van der Waals surface area contributed by atoms with Crippen molar-refractivity contribution in [2.75, 3.05) is 7.11 Å². The van der Waals surface area contributed by atoms with Crippen molar-refractivity contribution < 1.29 is 14.0 Å². The third-order valence-electron chi connectivity index (χ3n) is 3.89. The van der Waals surface area contributed by atoms with Gasteiger partial charge >= 0.3 is 5.97 Å². The van der Waals surface area contributed by atoms with Crippen LogP contribution in [0.2, 0.25) is 19.6 Å². The molecule has 0 aliphatic carbocycles. The van der Waals surface area contributed by atoms with Gasteiger partial charge in [0.1, 0.15) is 5.92 Å². The second-order valence-electron chi connectivity index (χ2n) is 7.28. The predicted octanol–water partition coefficient (Wildman–Crippen LogP) is 5.42. The molecule has 2 atom stereocenters. The van der Waals surface area contributed by atoms with Crippen molar-refractivity contribution in [3.63, 3.8) is 0 Å². The lowest BCUT2D eigenvalue weighted by atomic mass is 9.99. The monoisotopic (exact) mass is 380 g/mol. The van der Waals surface area contributed by atoms with E-state index in [1.807, 2.05) is 85.0 Å². The van der Waals surface area contributed by atoms with E-state index >= 15 is 0 Å². The second-order valence-corrected chi connectivity index (χ2v) is 11.7. The molecule has 0 radical (unpaired) electrons. The van der Waals surface area contributed by atoms with Crippen molar-refractivity contribution in [3.05, 3.63) is 83.9 Å². The zero-order valence-electron chi connectivity index (χ0n) is 16.5. The molecule has 0 fully saturated rings. The topological polar surface area (TPSA) is 35.5 Å². The number of benzene rings is 2. The van der Waals surface area contributed by atoms with Crippen molar-refractivity contribution in [1.82, 2.24) is 0 Å². The molecule has 0 heterocycles. The molecule has 0 aromatic heterocycles. The second kappa shape index (κ2) is 10.0. The van der Waals surface area contributed by atoms with Crippen LogP contribution < -0.4 is 0 Å². The first-order valence-electron chi connectivity index (χ1n) is 9.11. The summed E-state index contributed by atoms with van der Waals surface area (Å²) in [7, 11) is -0.466. The summed E-state index contributed by atoms with van der Waals surface area (Å²) >= 11 is 0. The number of hydrogen-bond donors (Lipinski definition) is 0. The SMILES string of the molecule is COC(=O)[C@@H](/C=C/c1ccccc1)[C@@H](/C=C/c1ccccc1)O[Si](C)(C)C. The van der Waals surface area contributed by atoms with Gasteiger partial charge in [-0.2, -0.15) is 0 Å². The van der Waals surface area contributed by atoms with Gasteiger partial charge < -0.3 is 9.16 Å². The van der Waals surface area contributed by atoms with E-state index in [0.29, 0.717) is 0 Å². The fourth-order valence-corrected chi connectivity index (χ4v) is 3.69. The minimum Gasteiger partial charge on any atom is -0.468 e. The smallest absolute Gasteiger partial charge is 0.315 e. The Kier molecular flexibility index (Phi) is 7.77. The summed E-state index contributed by atoms with van der Waals surface area (Å²) in [6.45, 7) is 6.35. The van der Waals surface area contributed by atoms with Gasteiger partial charge in [-0.3, -0.25) is 4.79 Å². The third kappa shape index (κ3) is 7.37. The maximum atomic E-state index is 12.5. The number of hydrogen-bond acceptors (Lipinski definition) is 3. The Hall–Kier alpha value is -2.43. The summed E-state index contributed by atoms with van der Waals surface area (Å²) < 4.78 is 11.4. The van der Waals surface area contributed by atoms with Crippen LogP contribution in [0.4, 0.5) is 0 Å². The Labute approximate surface area is 163 Å². The number of methoxy groups -OCH3 is 1. The molecule has 0 N–H and O–H groups in total. The summed E-state index contributed by atoms with van der Waals surface area (Å²) in [6, 6.07) is 19.9. The number of carbonyl (C=O) groups excluding carboxylic acids is 1. The zero-order valence-corrected chi connectivity index (χ0v) is 17.5. The first-order chi connectivity index (χ1) is 12.9. The first-order valence-corrected chi connectivity index (χ1v) is 12.5. The molecule has 4 heteroatoms. The van der Waals surface area contributed by atoms with Crippen LogP contribution in [-0.4, -0.2) is 27.5 Å². The van der Waals surface area contributed by atoms with E-state index < -0.39 is 14.2 Å². The summed E-state index contributed by atoms with van der Waals surface area (Å²) in [4.78, 5) is 12.5. The minimum atomic E-state index is -1.88. The van der Waals surface area contributed by atoms with Crippen molar-refractivity contribution in [1.29, 1.82) is 0 Å². The van der Waals surface area contributed by atoms with Gasteiger partial charge in [-0.05, 0) is 30.8 Å². The van der Waals surface area contributed by atoms with E-state index in [0.717, 1.165) is 11.1 Å². The Morgan fingerprint density at radius 2 is 1.33 bits per heavy atom. The molecule has 3 nitrogen and oxygen atoms in total. The van der Waals surface area contributed by atoms with Gasteiger partial charge in [-0.25, -0.2) is 0 Å². The number of rotatable bonds is 8. The molecule has 0 unspecified atom stereocenters. The summed E-state index contributed by atoms with van der Waals surface area (Å²) in [5.74, 6) is -0.815. The van der Waals surface area contributed by atoms with Crippen LogP contribution in [-0.2, 0) is 14.0 Å². The summed E-state index contributed by atoms with van der Waals surface area (Å²) in [6.07, 6.45) is 7.39. The summed E-state index contributed by atoms with van der Waals surface area (Å²) in [5.41, 5.74) is 2.10. The molecular weight excluding hydrogens is 352 g/mol. The highest BCUT2D eigenvalue weighted by atomic mass is 28.4. The molecule has 0 bridgehead atoms. The molecule has 142 valence electrons. The fraction of sp³-hybridized carbons (Fsp3) is 0.261. The van der Waals surface area contributed by atoms with Crippen molar-refractivity contribution in [2.45, 2.75) is 25.7 Å². The molecule has 2 rings (SSSR count). The minimum absolute atomic E-state index is 0.303. The van der Waals surface area contributed by atoms with Gasteiger partial charge in [0.05, 0.1) is 13.2 Å². The van der Waals surface area contributed by atoms with Crippen molar-refractivity contribution >= 4 is 26.4 Å². The van der Waals surface area contributed by atoms with Crippen LogP contribution in [0.15, 0.2) is 72.8 Å². The predicted molar refractivity (Wildman–Crippen MR) is 115 cm³/mol. The molecule has 2 aromatic rings. The molecule has 0 aliphatic heterocycles. The Morgan fingerprint density at radius 3 is 1.78 bits per heavy atom. The quantitative estimate of drug-likeness (QED) is 0.453. The van der Waals surface area contributed by atoms with Crippen LogP contribution >= 0.6 is 0 Å². The van der Waals surface area contributed by atoms with Crippen LogP contribution in [0.25, 0.3) is 12.2 Å². The molecule has 0 saturated carbocycles. The van der Waals surface area contributed by atoms with E-state index in [1.54, 1.807) is 0 Å². The number of esters is 1. The van der Waals surface area contributed by atoms with Crippen LogP contribution in [0.3, 0.4) is 0 Å². The lowest BCUT2D eigenvalue weighted by Crippen LogP contribution is -2.38. The van der Waals surface area contributed by atoms with Gasteiger partial charge in [0, 0.05) is 0 Å². The van der Waals surface area contributed by atoms with Gasteiger partial charge in [-0.1, -0.05) is 85.0 Å². The van der Waals surface area contributed by atoms with Gasteiger partial charge in [0.15, 0.2) is 8.32 Å². The average Bonchev–Trinajstić information content (AvgIpc) is 2.66. The maximum Gasteiger partial charge on any atom is 0.315 e. The normalized spacial score (nSPS) is 14.4. The molecule has 0 saturated heterocycles. The molecule has 0 spiro atoms. The zero-order chi connectivity index (χ0) is 19.7. The van der Waals surface area contributed by atoms with E-state index in [-0.39, 0.29) is 12.1 Å². The van der Waals surface area contributed by atoms with Crippen LogP contribution in [0.1, 0.15) is 11.1 Å². The third-order valence-corrected chi connectivity index (χ3v) is 4.87. The molecule has 2 aromatic carbocycles. The Balaban J connectivity index is 2.32. The number of carbonyl (C=O) groups is 1. The van der Waals surface area contributed by atoms with Crippen LogP contribution in [0.5, 0.6) is 0 Å². The highest BCUT2D eigenvalue weighted by Gasteiger charge is 2.30. The van der Waals surface area contributed by atoms with E-state index in [2.05, 4.69) is 19.6 Å². The lowest BCUT2D eigenvalue weighted by Gasteiger charge is -2.28.